The standard InChI is InChI=1S/C22H21N3O4S2/c1-15-3-7-17(8-4-15)23-22(30)24-18-9-13-20(14-10-18)31(27,28)25-21(26)16-5-11-19(29-2)12-6-16/h3-14H,1-2H3,(H,25,26)(H2,23,24,30). The van der Waals surface area contributed by atoms with Gasteiger partial charge in [-0.1, -0.05) is 17.7 Å². The van der Waals surface area contributed by atoms with Gasteiger partial charge in [-0.3, -0.25) is 4.79 Å². The molecule has 0 saturated heterocycles. The number of anilines is 2. The number of nitrogens with one attached hydrogen (secondary N) is 3. The molecular formula is C22H21N3O4S2. The van der Waals surface area contributed by atoms with Crippen LogP contribution in [0.4, 0.5) is 11.4 Å². The van der Waals surface area contributed by atoms with Crippen molar-refractivity contribution in [1.82, 2.24) is 4.72 Å². The SMILES string of the molecule is COc1ccc(C(=O)NS(=O)(=O)c2ccc(NC(=S)Nc3ccc(C)cc3)cc2)cc1. The van der Waals surface area contributed by atoms with Crippen molar-refractivity contribution in [3.8, 4) is 5.75 Å². The summed E-state index contributed by atoms with van der Waals surface area (Å²) < 4.78 is 32.1. The smallest absolute Gasteiger partial charge is 0.265 e. The number of carbonyl (C=O) groups excluding carboxylic acids is 1. The van der Waals surface area contributed by atoms with E-state index in [0.29, 0.717) is 16.5 Å². The largest absolute Gasteiger partial charge is 0.497 e. The molecule has 0 aliphatic heterocycles. The van der Waals surface area contributed by atoms with E-state index in [4.69, 9.17) is 17.0 Å². The van der Waals surface area contributed by atoms with E-state index in [-0.39, 0.29) is 10.5 Å². The zero-order valence-corrected chi connectivity index (χ0v) is 18.5. The molecule has 3 N–H and O–H groups in total. The number of hydrogen-bond donors (Lipinski definition) is 3. The Labute approximate surface area is 186 Å². The molecule has 9 heteroatoms. The van der Waals surface area contributed by atoms with Crippen molar-refractivity contribution in [2.75, 3.05) is 17.7 Å². The Morgan fingerprint density at radius 1 is 0.839 bits per heavy atom. The number of sulfonamides is 1. The number of benzene rings is 3. The number of amides is 1. The van der Waals surface area contributed by atoms with Crippen molar-refractivity contribution in [1.29, 1.82) is 0 Å². The number of ether oxygens (including phenoxy) is 1. The van der Waals surface area contributed by atoms with Crippen molar-refractivity contribution in [2.24, 2.45) is 0 Å². The van der Waals surface area contributed by atoms with Gasteiger partial charge in [0, 0.05) is 16.9 Å². The second-order valence-corrected chi connectivity index (χ2v) is 8.72. The maximum absolute atomic E-state index is 12.5. The molecule has 0 heterocycles. The highest BCUT2D eigenvalue weighted by atomic mass is 32.2. The Hall–Kier alpha value is -3.43. The van der Waals surface area contributed by atoms with E-state index in [1.807, 2.05) is 31.2 Å². The van der Waals surface area contributed by atoms with Crippen LogP contribution in [0, 0.1) is 6.92 Å². The first-order valence-corrected chi connectivity index (χ1v) is 11.1. The lowest BCUT2D eigenvalue weighted by molar-refractivity contribution is 0.0981. The molecule has 0 unspecified atom stereocenters. The van der Waals surface area contributed by atoms with Gasteiger partial charge in [0.1, 0.15) is 5.75 Å². The molecule has 160 valence electrons. The van der Waals surface area contributed by atoms with Crippen LogP contribution in [0.2, 0.25) is 0 Å². The lowest BCUT2D eigenvalue weighted by Crippen LogP contribution is -2.30. The van der Waals surface area contributed by atoms with Crippen LogP contribution in [0.3, 0.4) is 0 Å². The number of methoxy groups -OCH3 is 1. The van der Waals surface area contributed by atoms with Gasteiger partial charge in [-0.05, 0) is 79.8 Å². The molecular weight excluding hydrogens is 434 g/mol. The maximum Gasteiger partial charge on any atom is 0.265 e. The van der Waals surface area contributed by atoms with Gasteiger partial charge in [-0.2, -0.15) is 0 Å². The molecule has 0 bridgehead atoms. The van der Waals surface area contributed by atoms with Gasteiger partial charge >= 0.3 is 0 Å². The molecule has 7 nitrogen and oxygen atoms in total. The molecule has 3 rings (SSSR count). The Bertz CT molecular complexity index is 1170. The second-order valence-electron chi connectivity index (χ2n) is 6.63. The molecule has 3 aromatic rings. The average Bonchev–Trinajstić information content (AvgIpc) is 2.75. The molecule has 0 spiro atoms. The average molecular weight is 456 g/mol. The summed E-state index contributed by atoms with van der Waals surface area (Å²) in [6.45, 7) is 2.00. The monoisotopic (exact) mass is 455 g/mol. The highest BCUT2D eigenvalue weighted by Gasteiger charge is 2.18. The summed E-state index contributed by atoms with van der Waals surface area (Å²) in [5.41, 5.74) is 2.78. The predicted molar refractivity (Wildman–Crippen MR) is 125 cm³/mol. The summed E-state index contributed by atoms with van der Waals surface area (Å²) in [6.07, 6.45) is 0. The zero-order chi connectivity index (χ0) is 22.4. The summed E-state index contributed by atoms with van der Waals surface area (Å²) in [7, 11) is -2.52. The molecule has 0 aliphatic carbocycles. The van der Waals surface area contributed by atoms with Crippen molar-refractivity contribution in [3.05, 3.63) is 83.9 Å². The molecule has 0 saturated carbocycles. The number of hydrogen-bond acceptors (Lipinski definition) is 5. The summed E-state index contributed by atoms with van der Waals surface area (Å²) in [5, 5.41) is 6.41. The van der Waals surface area contributed by atoms with Gasteiger partial charge in [0.2, 0.25) is 0 Å². The maximum atomic E-state index is 12.5. The van der Waals surface area contributed by atoms with Crippen LogP contribution in [-0.4, -0.2) is 26.5 Å². The Balaban J connectivity index is 1.62. The molecule has 31 heavy (non-hydrogen) atoms. The van der Waals surface area contributed by atoms with E-state index in [9.17, 15) is 13.2 Å². The van der Waals surface area contributed by atoms with Crippen molar-refractivity contribution in [2.45, 2.75) is 11.8 Å². The second kappa shape index (κ2) is 9.59. The fraction of sp³-hybridized carbons (Fsp3) is 0.0909. The van der Waals surface area contributed by atoms with Gasteiger partial charge in [0.05, 0.1) is 12.0 Å². The van der Waals surface area contributed by atoms with Gasteiger partial charge in [0.15, 0.2) is 5.11 Å². The highest BCUT2D eigenvalue weighted by Crippen LogP contribution is 2.16. The predicted octanol–water partition coefficient (Wildman–Crippen LogP) is 3.93. The van der Waals surface area contributed by atoms with Crippen molar-refractivity contribution >= 4 is 44.6 Å². The minimum atomic E-state index is -4.03. The van der Waals surface area contributed by atoms with E-state index in [0.717, 1.165) is 11.3 Å². The number of aryl methyl sites for hydroxylation is 1. The molecule has 0 atom stereocenters. The van der Waals surface area contributed by atoms with E-state index < -0.39 is 15.9 Å². The van der Waals surface area contributed by atoms with Crippen molar-refractivity contribution < 1.29 is 17.9 Å². The van der Waals surface area contributed by atoms with Crippen LogP contribution in [0.25, 0.3) is 0 Å². The first-order chi connectivity index (χ1) is 14.8. The summed E-state index contributed by atoms with van der Waals surface area (Å²) >= 11 is 5.28. The van der Waals surface area contributed by atoms with Crippen LogP contribution in [-0.2, 0) is 10.0 Å². The summed E-state index contributed by atoms with van der Waals surface area (Å²) in [6, 6.07) is 19.8. The quantitative estimate of drug-likeness (QED) is 0.485. The molecule has 1 amide bonds. The van der Waals surface area contributed by atoms with Crippen LogP contribution >= 0.6 is 12.2 Å². The molecule has 0 fully saturated rings. The van der Waals surface area contributed by atoms with Crippen LogP contribution in [0.5, 0.6) is 5.75 Å². The van der Waals surface area contributed by atoms with E-state index in [2.05, 4.69) is 15.4 Å². The molecule has 3 aromatic carbocycles. The zero-order valence-electron chi connectivity index (χ0n) is 16.9. The molecule has 0 aromatic heterocycles. The number of rotatable bonds is 6. The Kier molecular flexibility index (Phi) is 6.88. The lowest BCUT2D eigenvalue weighted by Gasteiger charge is -2.12. The third-order valence-corrected chi connectivity index (χ3v) is 5.86. The van der Waals surface area contributed by atoms with E-state index >= 15 is 0 Å². The molecule has 0 aliphatic rings. The van der Waals surface area contributed by atoms with Crippen LogP contribution in [0.1, 0.15) is 15.9 Å². The lowest BCUT2D eigenvalue weighted by atomic mass is 10.2. The van der Waals surface area contributed by atoms with Crippen molar-refractivity contribution in [3.63, 3.8) is 0 Å². The number of carbonyl (C=O) groups is 1. The van der Waals surface area contributed by atoms with Crippen LogP contribution < -0.4 is 20.1 Å². The van der Waals surface area contributed by atoms with E-state index in [1.165, 1.54) is 31.4 Å². The topological polar surface area (TPSA) is 96.5 Å². The van der Waals surface area contributed by atoms with E-state index in [1.54, 1.807) is 24.3 Å². The van der Waals surface area contributed by atoms with Gasteiger partial charge in [-0.15, -0.1) is 0 Å². The Morgan fingerprint density at radius 3 is 1.87 bits per heavy atom. The minimum absolute atomic E-state index is 0.0441. The highest BCUT2D eigenvalue weighted by molar-refractivity contribution is 7.90. The van der Waals surface area contributed by atoms with Gasteiger partial charge < -0.3 is 15.4 Å². The van der Waals surface area contributed by atoms with Crippen LogP contribution in [0.15, 0.2) is 77.7 Å². The Morgan fingerprint density at radius 2 is 1.35 bits per heavy atom. The molecule has 0 radical (unpaired) electrons. The normalized spacial score (nSPS) is 10.8. The first kappa shape index (κ1) is 22.3. The summed E-state index contributed by atoms with van der Waals surface area (Å²) in [5.74, 6) is -0.161. The summed E-state index contributed by atoms with van der Waals surface area (Å²) in [4.78, 5) is 12.2. The first-order valence-electron chi connectivity index (χ1n) is 9.23. The minimum Gasteiger partial charge on any atom is -0.497 e. The third-order valence-electron chi connectivity index (χ3n) is 4.31. The fourth-order valence-electron chi connectivity index (χ4n) is 2.63. The fourth-order valence-corrected chi connectivity index (χ4v) is 3.84. The third kappa shape index (κ3) is 6.03. The number of thiocarbonyl (C=S) groups is 1. The van der Waals surface area contributed by atoms with Gasteiger partial charge in [0.25, 0.3) is 15.9 Å². The van der Waals surface area contributed by atoms with Gasteiger partial charge in [-0.25, -0.2) is 13.1 Å².